The minimum Gasteiger partial charge on any atom is -0.489 e. The van der Waals surface area contributed by atoms with Crippen LogP contribution in [0.2, 0.25) is 0 Å². The Labute approximate surface area is 99.9 Å². The van der Waals surface area contributed by atoms with Crippen LogP contribution >= 0.6 is 0 Å². The zero-order valence-corrected chi connectivity index (χ0v) is 10.2. The molecule has 0 amide bonds. The van der Waals surface area contributed by atoms with Gasteiger partial charge in [-0.25, -0.2) is 4.79 Å². The van der Waals surface area contributed by atoms with Gasteiger partial charge in [0.15, 0.2) is 0 Å². The van der Waals surface area contributed by atoms with E-state index in [2.05, 4.69) is 10.1 Å². The van der Waals surface area contributed by atoms with E-state index in [0.29, 0.717) is 23.6 Å². The monoisotopic (exact) mass is 236 g/mol. The van der Waals surface area contributed by atoms with E-state index in [0.717, 1.165) is 5.69 Å². The molecule has 1 aromatic rings. The molecule has 1 aromatic carbocycles. The number of anilines is 2. The number of ether oxygens (including phenoxy) is 2. The van der Waals surface area contributed by atoms with Crippen molar-refractivity contribution in [2.45, 2.75) is 19.4 Å². The van der Waals surface area contributed by atoms with E-state index >= 15 is 0 Å². The molecule has 0 aliphatic carbocycles. The third kappa shape index (κ3) is 2.13. The van der Waals surface area contributed by atoms with Gasteiger partial charge in [0.1, 0.15) is 18.0 Å². The summed E-state index contributed by atoms with van der Waals surface area (Å²) in [5.74, 6) is 0.164. The Balaban J connectivity index is 2.43. The fraction of sp³-hybridized carbons (Fsp3) is 0.417. The zero-order chi connectivity index (χ0) is 12.6. The number of rotatable bonds is 1. The van der Waals surface area contributed by atoms with Gasteiger partial charge in [-0.1, -0.05) is 0 Å². The molecule has 2 rings (SSSR count). The van der Waals surface area contributed by atoms with Crippen LogP contribution in [-0.2, 0) is 4.74 Å². The SMILES string of the molecule is COC(=O)c1cc(N)c2c(c1)OCC(C)(C)N2. The predicted molar refractivity (Wildman–Crippen MR) is 65.4 cm³/mol. The van der Waals surface area contributed by atoms with Crippen molar-refractivity contribution in [3.05, 3.63) is 17.7 Å². The summed E-state index contributed by atoms with van der Waals surface area (Å²) < 4.78 is 10.3. The third-order valence-corrected chi connectivity index (χ3v) is 2.61. The van der Waals surface area contributed by atoms with Crippen LogP contribution in [0.1, 0.15) is 24.2 Å². The summed E-state index contributed by atoms with van der Waals surface area (Å²) in [4.78, 5) is 11.4. The van der Waals surface area contributed by atoms with Crippen LogP contribution in [0.4, 0.5) is 11.4 Å². The molecule has 0 saturated heterocycles. The first-order valence-corrected chi connectivity index (χ1v) is 5.36. The van der Waals surface area contributed by atoms with E-state index < -0.39 is 5.97 Å². The Morgan fingerprint density at radius 1 is 1.53 bits per heavy atom. The lowest BCUT2D eigenvalue weighted by Gasteiger charge is -2.34. The van der Waals surface area contributed by atoms with Gasteiger partial charge >= 0.3 is 5.97 Å². The molecule has 3 N–H and O–H groups in total. The molecule has 0 spiro atoms. The van der Waals surface area contributed by atoms with E-state index in [1.54, 1.807) is 12.1 Å². The van der Waals surface area contributed by atoms with Crippen molar-refractivity contribution < 1.29 is 14.3 Å². The van der Waals surface area contributed by atoms with Gasteiger partial charge in [-0.3, -0.25) is 0 Å². The van der Waals surface area contributed by atoms with Gasteiger partial charge in [0, 0.05) is 0 Å². The summed E-state index contributed by atoms with van der Waals surface area (Å²) in [5, 5.41) is 3.29. The molecule has 1 heterocycles. The molecule has 0 saturated carbocycles. The predicted octanol–water partition coefficient (Wildman–Crippen LogP) is 1.64. The van der Waals surface area contributed by atoms with Gasteiger partial charge in [0.2, 0.25) is 0 Å². The van der Waals surface area contributed by atoms with Crippen molar-refractivity contribution in [2.75, 3.05) is 24.8 Å². The van der Waals surface area contributed by atoms with Crippen LogP contribution < -0.4 is 15.8 Å². The number of hydrogen-bond acceptors (Lipinski definition) is 5. The molecule has 0 atom stereocenters. The van der Waals surface area contributed by atoms with Gasteiger partial charge in [0.05, 0.1) is 23.9 Å². The van der Waals surface area contributed by atoms with E-state index in [4.69, 9.17) is 10.5 Å². The molecule has 5 heteroatoms. The molecule has 92 valence electrons. The molecular formula is C12H16N2O3. The fourth-order valence-corrected chi connectivity index (χ4v) is 1.75. The van der Waals surface area contributed by atoms with Crippen molar-refractivity contribution in [3.63, 3.8) is 0 Å². The molecule has 17 heavy (non-hydrogen) atoms. The van der Waals surface area contributed by atoms with Gasteiger partial charge in [-0.15, -0.1) is 0 Å². The minimum atomic E-state index is -0.423. The maximum absolute atomic E-state index is 11.4. The van der Waals surface area contributed by atoms with Crippen LogP contribution in [-0.4, -0.2) is 25.2 Å². The van der Waals surface area contributed by atoms with Crippen LogP contribution in [0, 0.1) is 0 Å². The second kappa shape index (κ2) is 3.84. The Hall–Kier alpha value is -1.91. The average Bonchev–Trinajstić information content (AvgIpc) is 2.28. The summed E-state index contributed by atoms with van der Waals surface area (Å²) in [7, 11) is 1.33. The van der Waals surface area contributed by atoms with E-state index in [9.17, 15) is 4.79 Å². The Morgan fingerprint density at radius 2 is 2.24 bits per heavy atom. The topological polar surface area (TPSA) is 73.6 Å². The largest absolute Gasteiger partial charge is 0.489 e. The van der Waals surface area contributed by atoms with Crippen LogP contribution in [0.15, 0.2) is 12.1 Å². The number of esters is 1. The molecule has 0 bridgehead atoms. The first kappa shape index (κ1) is 11.6. The van der Waals surface area contributed by atoms with Crippen LogP contribution in [0.3, 0.4) is 0 Å². The average molecular weight is 236 g/mol. The molecular weight excluding hydrogens is 220 g/mol. The van der Waals surface area contributed by atoms with Gasteiger partial charge in [0.25, 0.3) is 0 Å². The van der Waals surface area contributed by atoms with Crippen molar-refractivity contribution in [1.29, 1.82) is 0 Å². The first-order chi connectivity index (χ1) is 7.93. The Bertz CT molecular complexity index is 469. The number of carbonyl (C=O) groups is 1. The smallest absolute Gasteiger partial charge is 0.338 e. The number of carbonyl (C=O) groups excluding carboxylic acids is 1. The highest BCUT2D eigenvalue weighted by molar-refractivity contribution is 5.93. The highest BCUT2D eigenvalue weighted by Crippen LogP contribution is 2.38. The van der Waals surface area contributed by atoms with E-state index in [1.807, 2.05) is 13.8 Å². The van der Waals surface area contributed by atoms with Crippen LogP contribution in [0.25, 0.3) is 0 Å². The summed E-state index contributed by atoms with van der Waals surface area (Å²) >= 11 is 0. The van der Waals surface area contributed by atoms with Gasteiger partial charge in [-0.05, 0) is 26.0 Å². The second-order valence-corrected chi connectivity index (χ2v) is 4.73. The lowest BCUT2D eigenvalue weighted by molar-refractivity contribution is 0.0600. The fourth-order valence-electron chi connectivity index (χ4n) is 1.75. The molecule has 1 aliphatic rings. The van der Waals surface area contributed by atoms with E-state index in [1.165, 1.54) is 7.11 Å². The third-order valence-electron chi connectivity index (χ3n) is 2.61. The first-order valence-electron chi connectivity index (χ1n) is 5.36. The molecule has 0 unspecified atom stereocenters. The number of nitrogen functional groups attached to an aromatic ring is 1. The standard InChI is InChI=1S/C12H16N2O3/c1-12(2)6-17-9-5-7(11(15)16-3)4-8(13)10(9)14-12/h4-5,14H,6,13H2,1-3H3. The highest BCUT2D eigenvalue weighted by atomic mass is 16.5. The summed E-state index contributed by atoms with van der Waals surface area (Å²) in [6, 6.07) is 3.22. The van der Waals surface area contributed by atoms with Crippen molar-refractivity contribution >= 4 is 17.3 Å². The van der Waals surface area contributed by atoms with Gasteiger partial charge in [-0.2, -0.15) is 0 Å². The zero-order valence-electron chi connectivity index (χ0n) is 10.2. The lowest BCUT2D eigenvalue weighted by Crippen LogP contribution is -2.41. The molecule has 0 radical (unpaired) electrons. The second-order valence-electron chi connectivity index (χ2n) is 4.73. The molecule has 0 aromatic heterocycles. The number of fused-ring (bicyclic) bond motifs is 1. The summed E-state index contributed by atoms with van der Waals surface area (Å²) in [5.41, 5.74) is 7.34. The number of benzene rings is 1. The normalized spacial score (nSPS) is 16.4. The van der Waals surface area contributed by atoms with Gasteiger partial charge < -0.3 is 20.5 Å². The van der Waals surface area contributed by atoms with Crippen LogP contribution in [0.5, 0.6) is 5.75 Å². The molecule has 0 fully saturated rings. The van der Waals surface area contributed by atoms with Crippen molar-refractivity contribution in [1.82, 2.24) is 0 Å². The summed E-state index contributed by atoms with van der Waals surface area (Å²) in [6.45, 7) is 4.55. The Kier molecular flexibility index (Phi) is 2.61. The maximum Gasteiger partial charge on any atom is 0.338 e. The van der Waals surface area contributed by atoms with Crippen molar-refractivity contribution in [2.24, 2.45) is 0 Å². The summed E-state index contributed by atoms with van der Waals surface area (Å²) in [6.07, 6.45) is 0. The number of nitrogens with two attached hydrogens (primary N) is 1. The maximum atomic E-state index is 11.4. The lowest BCUT2D eigenvalue weighted by atomic mass is 10.0. The minimum absolute atomic E-state index is 0.173. The molecule has 5 nitrogen and oxygen atoms in total. The Morgan fingerprint density at radius 3 is 2.88 bits per heavy atom. The number of hydrogen-bond donors (Lipinski definition) is 2. The van der Waals surface area contributed by atoms with E-state index in [-0.39, 0.29) is 5.54 Å². The number of nitrogens with one attached hydrogen (secondary N) is 1. The quantitative estimate of drug-likeness (QED) is 0.572. The number of methoxy groups -OCH3 is 1. The highest BCUT2D eigenvalue weighted by Gasteiger charge is 2.28. The molecule has 1 aliphatic heterocycles. The van der Waals surface area contributed by atoms with Crippen molar-refractivity contribution in [3.8, 4) is 5.75 Å².